The lowest BCUT2D eigenvalue weighted by Gasteiger charge is -2.07. The molecule has 0 aliphatic carbocycles. The van der Waals surface area contributed by atoms with Crippen molar-refractivity contribution in [3.8, 4) is 5.88 Å². The first kappa shape index (κ1) is 14.0. The van der Waals surface area contributed by atoms with Gasteiger partial charge in [-0.2, -0.15) is 5.10 Å². The van der Waals surface area contributed by atoms with Gasteiger partial charge in [-0.25, -0.2) is 0 Å². The van der Waals surface area contributed by atoms with E-state index in [-0.39, 0.29) is 18.9 Å². The van der Waals surface area contributed by atoms with Crippen LogP contribution >= 0.6 is 0 Å². The van der Waals surface area contributed by atoms with Crippen molar-refractivity contribution in [2.45, 2.75) is 20.3 Å². The Labute approximate surface area is 118 Å². The van der Waals surface area contributed by atoms with E-state index < -0.39 is 0 Å². The van der Waals surface area contributed by atoms with Crippen molar-refractivity contribution >= 4 is 11.6 Å². The molecule has 104 valence electrons. The van der Waals surface area contributed by atoms with Gasteiger partial charge in [-0.3, -0.25) is 4.79 Å². The summed E-state index contributed by atoms with van der Waals surface area (Å²) in [5, 5.41) is 10.7. The summed E-state index contributed by atoms with van der Waals surface area (Å²) in [5.74, 6) is 0.355. The van der Waals surface area contributed by atoms with Crippen molar-refractivity contribution in [2.75, 3.05) is 11.9 Å². The Hall–Kier alpha value is -2.43. The zero-order valence-corrected chi connectivity index (χ0v) is 11.6. The average Bonchev–Trinajstić information content (AvgIpc) is 2.44. The predicted octanol–water partition coefficient (Wildman–Crippen LogP) is 2.50. The predicted molar refractivity (Wildman–Crippen MR) is 76.7 cm³/mol. The molecule has 1 amide bonds. The molecule has 1 aromatic carbocycles. The molecule has 5 heteroatoms. The fraction of sp³-hybridized carbons (Fsp3) is 0.267. The van der Waals surface area contributed by atoms with Gasteiger partial charge in [0.05, 0.1) is 18.7 Å². The van der Waals surface area contributed by atoms with Crippen LogP contribution in [0, 0.1) is 13.8 Å². The number of nitrogens with zero attached hydrogens (tertiary/aromatic N) is 2. The third-order valence-corrected chi connectivity index (χ3v) is 2.85. The number of hydrogen-bond donors (Lipinski definition) is 1. The van der Waals surface area contributed by atoms with Crippen molar-refractivity contribution in [2.24, 2.45) is 0 Å². The molecule has 0 bridgehead atoms. The highest BCUT2D eigenvalue weighted by Gasteiger charge is 2.04. The van der Waals surface area contributed by atoms with Crippen LogP contribution in [0.1, 0.15) is 17.7 Å². The standard InChI is InChI=1S/C15H17N3O2/c1-11-10-15(18-17-12(11)2)20-9-8-14(19)16-13-6-4-3-5-7-13/h3-7,10H,8-9H2,1-2H3,(H,16,19). The molecule has 1 N–H and O–H groups in total. The van der Waals surface area contributed by atoms with Crippen LogP contribution in [0.15, 0.2) is 36.4 Å². The van der Waals surface area contributed by atoms with Crippen LogP contribution in [0.2, 0.25) is 0 Å². The number of aryl methyl sites for hydroxylation is 2. The number of amides is 1. The Kier molecular flexibility index (Phi) is 4.65. The SMILES string of the molecule is Cc1cc(OCCC(=O)Nc2ccccc2)nnc1C. The van der Waals surface area contributed by atoms with Crippen LogP contribution in [0.3, 0.4) is 0 Å². The second-order valence-electron chi connectivity index (χ2n) is 4.46. The number of anilines is 1. The summed E-state index contributed by atoms with van der Waals surface area (Å²) in [4.78, 5) is 11.7. The molecule has 1 aromatic heterocycles. The van der Waals surface area contributed by atoms with Crippen molar-refractivity contribution in [1.82, 2.24) is 10.2 Å². The maximum Gasteiger partial charge on any atom is 0.233 e. The molecule has 0 saturated heterocycles. The maximum atomic E-state index is 11.7. The van der Waals surface area contributed by atoms with E-state index in [2.05, 4.69) is 15.5 Å². The summed E-state index contributed by atoms with van der Waals surface area (Å²) in [5.41, 5.74) is 2.67. The highest BCUT2D eigenvalue weighted by Crippen LogP contribution is 2.10. The van der Waals surface area contributed by atoms with Crippen molar-refractivity contribution < 1.29 is 9.53 Å². The first-order valence-electron chi connectivity index (χ1n) is 6.44. The fourth-order valence-electron chi connectivity index (χ4n) is 1.59. The number of carbonyl (C=O) groups is 1. The lowest BCUT2D eigenvalue weighted by molar-refractivity contribution is -0.116. The molecule has 2 rings (SSSR count). The van der Waals surface area contributed by atoms with Gasteiger partial charge >= 0.3 is 0 Å². The monoisotopic (exact) mass is 271 g/mol. The molecule has 1 heterocycles. The first-order valence-corrected chi connectivity index (χ1v) is 6.44. The molecular formula is C15H17N3O2. The van der Waals surface area contributed by atoms with Gasteiger partial charge in [0.15, 0.2) is 0 Å². The summed E-state index contributed by atoms with van der Waals surface area (Å²) in [7, 11) is 0. The second kappa shape index (κ2) is 6.65. The Balaban J connectivity index is 1.78. The Bertz CT molecular complexity index is 585. The summed E-state index contributed by atoms with van der Waals surface area (Å²) in [6.07, 6.45) is 0.267. The minimum Gasteiger partial charge on any atom is -0.476 e. The van der Waals surface area contributed by atoms with Gasteiger partial charge in [-0.05, 0) is 31.5 Å². The van der Waals surface area contributed by atoms with E-state index in [0.29, 0.717) is 5.88 Å². The molecule has 20 heavy (non-hydrogen) atoms. The number of ether oxygens (including phenoxy) is 1. The zero-order chi connectivity index (χ0) is 14.4. The summed E-state index contributed by atoms with van der Waals surface area (Å²) >= 11 is 0. The lowest BCUT2D eigenvalue weighted by atomic mass is 10.2. The van der Waals surface area contributed by atoms with Gasteiger partial charge < -0.3 is 10.1 Å². The topological polar surface area (TPSA) is 64.1 Å². The summed E-state index contributed by atoms with van der Waals surface area (Å²) in [6, 6.07) is 11.1. The van der Waals surface area contributed by atoms with Gasteiger partial charge in [0.2, 0.25) is 11.8 Å². The van der Waals surface area contributed by atoms with E-state index in [1.165, 1.54) is 0 Å². The number of para-hydroxylation sites is 1. The quantitative estimate of drug-likeness (QED) is 0.907. The average molecular weight is 271 g/mol. The number of rotatable bonds is 5. The molecular weight excluding hydrogens is 254 g/mol. The number of nitrogens with one attached hydrogen (secondary N) is 1. The molecule has 0 radical (unpaired) electrons. The lowest BCUT2D eigenvalue weighted by Crippen LogP contribution is -2.15. The van der Waals surface area contributed by atoms with Crippen LogP contribution in [-0.4, -0.2) is 22.7 Å². The van der Waals surface area contributed by atoms with Gasteiger partial charge in [0.1, 0.15) is 0 Å². The van der Waals surface area contributed by atoms with Crippen LogP contribution in [-0.2, 0) is 4.79 Å². The maximum absolute atomic E-state index is 11.7. The van der Waals surface area contributed by atoms with Crippen molar-refractivity contribution in [3.05, 3.63) is 47.7 Å². The molecule has 5 nitrogen and oxygen atoms in total. The molecule has 0 aliphatic heterocycles. The van der Waals surface area contributed by atoms with E-state index in [1.54, 1.807) is 0 Å². The fourth-order valence-corrected chi connectivity index (χ4v) is 1.59. The smallest absolute Gasteiger partial charge is 0.233 e. The van der Waals surface area contributed by atoms with E-state index >= 15 is 0 Å². The zero-order valence-electron chi connectivity index (χ0n) is 11.6. The Morgan fingerprint density at radius 2 is 1.95 bits per heavy atom. The largest absolute Gasteiger partial charge is 0.476 e. The number of benzene rings is 1. The summed E-state index contributed by atoms with van der Waals surface area (Å²) < 4.78 is 5.42. The molecule has 0 saturated carbocycles. The third kappa shape index (κ3) is 4.05. The van der Waals surface area contributed by atoms with Gasteiger partial charge in [-0.15, -0.1) is 5.10 Å². The molecule has 0 unspecified atom stereocenters. The van der Waals surface area contributed by atoms with Crippen LogP contribution in [0.5, 0.6) is 5.88 Å². The highest BCUT2D eigenvalue weighted by molar-refractivity contribution is 5.90. The Morgan fingerprint density at radius 3 is 2.65 bits per heavy atom. The minimum atomic E-state index is -0.0898. The molecule has 0 spiro atoms. The number of hydrogen-bond acceptors (Lipinski definition) is 4. The van der Waals surface area contributed by atoms with Gasteiger partial charge in [0, 0.05) is 11.8 Å². The Morgan fingerprint density at radius 1 is 1.20 bits per heavy atom. The van der Waals surface area contributed by atoms with E-state index in [9.17, 15) is 4.79 Å². The molecule has 0 atom stereocenters. The normalized spacial score (nSPS) is 10.1. The van der Waals surface area contributed by atoms with Gasteiger partial charge in [-0.1, -0.05) is 18.2 Å². The van der Waals surface area contributed by atoms with E-state index in [1.807, 2.05) is 50.2 Å². The highest BCUT2D eigenvalue weighted by atomic mass is 16.5. The number of aromatic nitrogens is 2. The first-order chi connectivity index (χ1) is 9.65. The van der Waals surface area contributed by atoms with E-state index in [0.717, 1.165) is 16.9 Å². The third-order valence-electron chi connectivity index (χ3n) is 2.85. The second-order valence-corrected chi connectivity index (χ2v) is 4.46. The van der Waals surface area contributed by atoms with Gasteiger partial charge in [0.25, 0.3) is 0 Å². The van der Waals surface area contributed by atoms with Crippen LogP contribution in [0.25, 0.3) is 0 Å². The summed E-state index contributed by atoms with van der Waals surface area (Å²) in [6.45, 7) is 4.11. The molecule has 2 aromatic rings. The number of carbonyl (C=O) groups excluding carboxylic acids is 1. The van der Waals surface area contributed by atoms with Crippen LogP contribution < -0.4 is 10.1 Å². The molecule has 0 fully saturated rings. The van der Waals surface area contributed by atoms with Crippen molar-refractivity contribution in [1.29, 1.82) is 0 Å². The van der Waals surface area contributed by atoms with E-state index in [4.69, 9.17) is 4.74 Å². The minimum absolute atomic E-state index is 0.0898. The van der Waals surface area contributed by atoms with Crippen LogP contribution in [0.4, 0.5) is 5.69 Å². The van der Waals surface area contributed by atoms with Crippen molar-refractivity contribution in [3.63, 3.8) is 0 Å². The molecule has 0 aliphatic rings.